The first-order valence-corrected chi connectivity index (χ1v) is 11.6. The van der Waals surface area contributed by atoms with E-state index in [4.69, 9.17) is 19.2 Å². The van der Waals surface area contributed by atoms with Crippen LogP contribution in [0, 0.1) is 0 Å². The third-order valence-electron chi connectivity index (χ3n) is 6.61. The number of piperidine rings is 1. The molecule has 1 amide bonds. The summed E-state index contributed by atoms with van der Waals surface area (Å²) >= 11 is 0. The quantitative estimate of drug-likeness (QED) is 0.408. The molecule has 8 nitrogen and oxygen atoms in total. The van der Waals surface area contributed by atoms with Crippen LogP contribution in [0.2, 0.25) is 0 Å². The van der Waals surface area contributed by atoms with E-state index in [2.05, 4.69) is 9.55 Å². The van der Waals surface area contributed by atoms with Gasteiger partial charge in [0, 0.05) is 42.5 Å². The van der Waals surface area contributed by atoms with Gasteiger partial charge in [0.2, 0.25) is 5.75 Å². The van der Waals surface area contributed by atoms with Crippen LogP contribution in [0.3, 0.4) is 0 Å². The van der Waals surface area contributed by atoms with E-state index in [1.165, 1.54) is 0 Å². The molecule has 1 fully saturated rings. The summed E-state index contributed by atoms with van der Waals surface area (Å²) in [4.78, 5) is 24.7. The summed E-state index contributed by atoms with van der Waals surface area (Å²) in [6.45, 7) is 1.38. The van der Waals surface area contributed by atoms with Crippen molar-refractivity contribution in [2.75, 3.05) is 34.4 Å². The molecule has 0 unspecified atom stereocenters. The Kier molecular flexibility index (Phi) is 6.27. The molecule has 1 aliphatic heterocycles. The Hall–Kier alpha value is -4.07. The number of carbonyl (C=O) groups excluding carboxylic acids is 1. The van der Waals surface area contributed by atoms with Crippen LogP contribution in [0.5, 0.6) is 17.2 Å². The van der Waals surface area contributed by atoms with Crippen LogP contribution in [0.4, 0.5) is 0 Å². The fourth-order valence-corrected chi connectivity index (χ4v) is 4.75. The minimum absolute atomic E-state index is 0.0152. The fraction of sp³-hybridized carbons (Fsp3) is 0.296. The second-order valence-electron chi connectivity index (χ2n) is 8.52. The number of likely N-dealkylation sites (tertiary alicyclic amines) is 1. The average Bonchev–Trinajstić information content (AvgIpc) is 3.46. The van der Waals surface area contributed by atoms with Crippen LogP contribution in [0.25, 0.3) is 22.2 Å². The second kappa shape index (κ2) is 9.66. The number of methoxy groups -OCH3 is 3. The Morgan fingerprint density at radius 1 is 0.971 bits per heavy atom. The summed E-state index contributed by atoms with van der Waals surface area (Å²) in [5.41, 5.74) is 2.84. The number of fused-ring (bicyclic) bond motifs is 1. The zero-order valence-electron chi connectivity index (χ0n) is 20.1. The average molecular weight is 473 g/mol. The van der Waals surface area contributed by atoms with E-state index in [9.17, 15) is 4.79 Å². The van der Waals surface area contributed by atoms with Crippen molar-refractivity contribution in [2.24, 2.45) is 0 Å². The van der Waals surface area contributed by atoms with Crippen LogP contribution < -0.4 is 14.2 Å². The Labute approximate surface area is 204 Å². The molecule has 1 saturated heterocycles. The molecule has 0 radical (unpaired) electrons. The van der Waals surface area contributed by atoms with Crippen molar-refractivity contribution < 1.29 is 19.0 Å². The maximum Gasteiger partial charge on any atom is 0.254 e. The molecule has 2 aromatic carbocycles. The van der Waals surface area contributed by atoms with Crippen LogP contribution in [-0.2, 0) is 0 Å². The normalized spacial score (nSPS) is 14.2. The van der Waals surface area contributed by atoms with Gasteiger partial charge in [-0.3, -0.25) is 4.79 Å². The number of carbonyl (C=O) groups is 1. The van der Waals surface area contributed by atoms with E-state index in [1.807, 2.05) is 59.9 Å². The molecule has 2 aromatic heterocycles. The van der Waals surface area contributed by atoms with Gasteiger partial charge in [-0.1, -0.05) is 18.2 Å². The smallest absolute Gasteiger partial charge is 0.254 e. The molecule has 1 aliphatic rings. The summed E-state index contributed by atoms with van der Waals surface area (Å²) in [6, 6.07) is 13.7. The third-order valence-corrected chi connectivity index (χ3v) is 6.61. The van der Waals surface area contributed by atoms with E-state index in [-0.39, 0.29) is 5.91 Å². The molecular weight excluding hydrogens is 444 g/mol. The van der Waals surface area contributed by atoms with Crippen molar-refractivity contribution in [1.82, 2.24) is 19.4 Å². The highest BCUT2D eigenvalue weighted by molar-refractivity contribution is 6.07. The van der Waals surface area contributed by atoms with Gasteiger partial charge >= 0.3 is 0 Å². The maximum absolute atomic E-state index is 13.7. The molecular formula is C27H28N4O4. The van der Waals surface area contributed by atoms with Gasteiger partial charge in [-0.05, 0) is 37.1 Å². The SMILES string of the molecule is COc1cc(-c2cc(C(=O)N3CCC(n4ccnc4)CC3)c3ccccc3n2)cc(OC)c1OC. The summed E-state index contributed by atoms with van der Waals surface area (Å²) in [6.07, 6.45) is 7.42. The first kappa shape index (κ1) is 22.7. The molecule has 4 aromatic rings. The number of para-hydroxylation sites is 1. The van der Waals surface area contributed by atoms with Gasteiger partial charge in [0.25, 0.3) is 5.91 Å². The summed E-state index contributed by atoms with van der Waals surface area (Å²) in [5, 5.41) is 0.838. The van der Waals surface area contributed by atoms with Gasteiger partial charge in [-0.2, -0.15) is 0 Å². The van der Waals surface area contributed by atoms with E-state index in [0.717, 1.165) is 29.3 Å². The third kappa shape index (κ3) is 4.27. The number of hydrogen-bond acceptors (Lipinski definition) is 6. The number of ether oxygens (including phenoxy) is 3. The Morgan fingerprint density at radius 3 is 2.31 bits per heavy atom. The number of rotatable bonds is 6. The molecule has 0 spiro atoms. The van der Waals surface area contributed by atoms with E-state index >= 15 is 0 Å². The number of amides is 1. The Morgan fingerprint density at radius 2 is 1.69 bits per heavy atom. The Balaban J connectivity index is 1.52. The van der Waals surface area contributed by atoms with Crippen LogP contribution in [0.15, 0.2) is 61.2 Å². The minimum Gasteiger partial charge on any atom is -0.493 e. The summed E-state index contributed by atoms with van der Waals surface area (Å²) < 4.78 is 18.6. The lowest BCUT2D eigenvalue weighted by molar-refractivity contribution is 0.0696. The van der Waals surface area contributed by atoms with Crippen molar-refractivity contribution in [1.29, 1.82) is 0 Å². The van der Waals surface area contributed by atoms with E-state index in [0.29, 0.717) is 47.6 Å². The van der Waals surface area contributed by atoms with Crippen molar-refractivity contribution in [3.63, 3.8) is 0 Å². The number of imidazole rings is 1. The molecule has 3 heterocycles. The second-order valence-corrected chi connectivity index (χ2v) is 8.52. The molecule has 0 atom stereocenters. The van der Waals surface area contributed by atoms with Crippen LogP contribution in [-0.4, -0.2) is 59.8 Å². The topological polar surface area (TPSA) is 78.7 Å². The molecule has 180 valence electrons. The monoisotopic (exact) mass is 472 g/mol. The van der Waals surface area contributed by atoms with E-state index < -0.39 is 0 Å². The Bertz CT molecular complexity index is 1320. The predicted octanol–water partition coefficient (Wildman–Crippen LogP) is 4.60. The number of hydrogen-bond donors (Lipinski definition) is 0. The van der Waals surface area contributed by atoms with Crippen molar-refractivity contribution in [3.8, 4) is 28.5 Å². The number of pyridine rings is 1. The summed E-state index contributed by atoms with van der Waals surface area (Å²) in [7, 11) is 4.73. The van der Waals surface area contributed by atoms with Crippen molar-refractivity contribution in [2.45, 2.75) is 18.9 Å². The molecule has 0 bridgehead atoms. The summed E-state index contributed by atoms with van der Waals surface area (Å²) in [5.74, 6) is 1.59. The predicted molar refractivity (Wildman–Crippen MR) is 133 cm³/mol. The number of aromatic nitrogens is 3. The van der Waals surface area contributed by atoms with E-state index in [1.54, 1.807) is 27.5 Å². The molecule has 0 N–H and O–H groups in total. The molecule has 0 aliphatic carbocycles. The molecule has 5 rings (SSSR count). The van der Waals surface area contributed by atoms with Gasteiger partial charge in [0.1, 0.15) is 0 Å². The largest absolute Gasteiger partial charge is 0.493 e. The van der Waals surface area contributed by atoms with Gasteiger partial charge in [0.15, 0.2) is 11.5 Å². The maximum atomic E-state index is 13.7. The van der Waals surface area contributed by atoms with Crippen LogP contribution >= 0.6 is 0 Å². The first-order valence-electron chi connectivity index (χ1n) is 11.6. The standard InChI is InChI=1S/C27H28N4O4/c1-33-24-14-18(15-25(34-2)26(24)35-3)23-16-21(20-6-4-5-7-22(20)29-23)27(32)30-11-8-19(9-12-30)31-13-10-28-17-31/h4-7,10,13-17,19H,8-9,11-12H2,1-3H3. The zero-order valence-corrected chi connectivity index (χ0v) is 20.1. The lowest BCUT2D eigenvalue weighted by Gasteiger charge is -2.33. The highest BCUT2D eigenvalue weighted by Crippen LogP contribution is 2.41. The highest BCUT2D eigenvalue weighted by atomic mass is 16.5. The van der Waals surface area contributed by atoms with Crippen molar-refractivity contribution >= 4 is 16.8 Å². The van der Waals surface area contributed by atoms with Gasteiger partial charge in [-0.25, -0.2) is 9.97 Å². The number of benzene rings is 2. The molecule has 35 heavy (non-hydrogen) atoms. The fourth-order valence-electron chi connectivity index (χ4n) is 4.75. The van der Waals surface area contributed by atoms with Crippen molar-refractivity contribution in [3.05, 3.63) is 66.7 Å². The van der Waals surface area contributed by atoms with Gasteiger partial charge in [-0.15, -0.1) is 0 Å². The molecule has 0 saturated carbocycles. The number of nitrogens with zero attached hydrogens (tertiary/aromatic N) is 4. The van der Waals surface area contributed by atoms with Gasteiger partial charge in [0.05, 0.1) is 44.4 Å². The zero-order chi connectivity index (χ0) is 24.4. The highest BCUT2D eigenvalue weighted by Gasteiger charge is 2.26. The van der Waals surface area contributed by atoms with Crippen LogP contribution in [0.1, 0.15) is 29.2 Å². The lowest BCUT2D eigenvalue weighted by atomic mass is 10.00. The van der Waals surface area contributed by atoms with Gasteiger partial charge < -0.3 is 23.7 Å². The molecule has 8 heteroatoms. The minimum atomic E-state index is 0.0152. The first-order chi connectivity index (χ1) is 17.1. The lowest BCUT2D eigenvalue weighted by Crippen LogP contribution is -2.39.